The van der Waals surface area contributed by atoms with E-state index in [0.717, 1.165) is 5.56 Å². The van der Waals surface area contributed by atoms with Crippen molar-refractivity contribution in [2.75, 3.05) is 10.6 Å². The molecule has 2 aromatic carbocycles. The number of ether oxygens (including phenoxy) is 1. The number of para-hydroxylation sites is 1. The van der Waals surface area contributed by atoms with Gasteiger partial charge in [-0.1, -0.05) is 18.2 Å². The number of carbonyl (C=O) groups excluding carboxylic acids is 2. The minimum absolute atomic E-state index is 0.0194. The van der Waals surface area contributed by atoms with Gasteiger partial charge in [-0.25, -0.2) is 4.39 Å². The Morgan fingerprint density at radius 3 is 2.70 bits per heavy atom. The van der Waals surface area contributed by atoms with Gasteiger partial charge in [0.2, 0.25) is 5.91 Å². The minimum atomic E-state index is -0.623. The Kier molecular flexibility index (Phi) is 3.97. The summed E-state index contributed by atoms with van der Waals surface area (Å²) in [5, 5.41) is 5.05. The number of benzene rings is 2. The summed E-state index contributed by atoms with van der Waals surface area (Å²) in [7, 11) is 0. The molecule has 118 valence electrons. The van der Waals surface area contributed by atoms with Gasteiger partial charge in [0.25, 0.3) is 5.91 Å². The zero-order valence-corrected chi connectivity index (χ0v) is 12.4. The number of rotatable bonds is 3. The molecule has 2 aromatic rings. The van der Waals surface area contributed by atoms with E-state index in [1.807, 2.05) is 24.3 Å². The minimum Gasteiger partial charge on any atom is -0.480 e. The normalized spacial score (nSPS) is 15.5. The Hall–Kier alpha value is -2.89. The maximum absolute atomic E-state index is 13.6. The van der Waals surface area contributed by atoms with Crippen LogP contribution in [-0.2, 0) is 16.0 Å². The van der Waals surface area contributed by atoms with E-state index in [9.17, 15) is 14.0 Å². The molecule has 0 saturated heterocycles. The van der Waals surface area contributed by atoms with Crippen LogP contribution in [-0.4, -0.2) is 17.9 Å². The third kappa shape index (κ3) is 3.31. The van der Waals surface area contributed by atoms with E-state index in [0.29, 0.717) is 17.9 Å². The molecular formula is C17H15FN2O3. The number of hydrogen-bond donors (Lipinski definition) is 2. The van der Waals surface area contributed by atoms with Crippen molar-refractivity contribution in [2.45, 2.75) is 19.4 Å². The van der Waals surface area contributed by atoms with Gasteiger partial charge in [-0.3, -0.25) is 9.59 Å². The highest BCUT2D eigenvalue weighted by Crippen LogP contribution is 2.29. The fourth-order valence-electron chi connectivity index (χ4n) is 2.44. The van der Waals surface area contributed by atoms with Crippen LogP contribution in [0.15, 0.2) is 42.5 Å². The average Bonchev–Trinajstić information content (AvgIpc) is 2.94. The molecule has 6 heteroatoms. The molecule has 0 radical (unpaired) electrons. The summed E-state index contributed by atoms with van der Waals surface area (Å²) in [6, 6.07) is 11.5. The van der Waals surface area contributed by atoms with Crippen molar-refractivity contribution < 1.29 is 18.7 Å². The summed E-state index contributed by atoms with van der Waals surface area (Å²) in [5.74, 6) is -0.572. The molecule has 2 amide bonds. The molecule has 0 spiro atoms. The molecule has 3 rings (SSSR count). The molecule has 1 aliphatic heterocycles. The van der Waals surface area contributed by atoms with Crippen LogP contribution >= 0.6 is 0 Å². The summed E-state index contributed by atoms with van der Waals surface area (Å²) in [4.78, 5) is 23.3. The van der Waals surface area contributed by atoms with Crippen molar-refractivity contribution in [3.63, 3.8) is 0 Å². The van der Waals surface area contributed by atoms with E-state index in [-0.39, 0.29) is 17.5 Å². The van der Waals surface area contributed by atoms with Crippen LogP contribution in [0, 0.1) is 5.82 Å². The highest BCUT2D eigenvalue weighted by Gasteiger charge is 2.28. The van der Waals surface area contributed by atoms with Crippen LogP contribution in [0.2, 0.25) is 0 Å². The second-order valence-corrected chi connectivity index (χ2v) is 5.28. The Morgan fingerprint density at radius 1 is 1.17 bits per heavy atom. The van der Waals surface area contributed by atoms with Gasteiger partial charge in [0.05, 0.1) is 5.69 Å². The fourth-order valence-corrected chi connectivity index (χ4v) is 2.44. The lowest BCUT2D eigenvalue weighted by atomic mass is 10.1. The first-order chi connectivity index (χ1) is 11.0. The van der Waals surface area contributed by atoms with Crippen molar-refractivity contribution in [2.24, 2.45) is 0 Å². The SMILES string of the molecule is CC(=O)Nc1cc(NC(=O)[C@H]2Cc3ccccc3O2)ccc1F. The van der Waals surface area contributed by atoms with Crippen LogP contribution in [0.3, 0.4) is 0 Å². The molecule has 0 aliphatic carbocycles. The first kappa shape index (κ1) is 15.0. The van der Waals surface area contributed by atoms with Gasteiger partial charge < -0.3 is 15.4 Å². The molecule has 1 atom stereocenters. The average molecular weight is 314 g/mol. The largest absolute Gasteiger partial charge is 0.480 e. The lowest BCUT2D eigenvalue weighted by molar-refractivity contribution is -0.122. The van der Waals surface area contributed by atoms with Crippen LogP contribution in [0.25, 0.3) is 0 Å². The van der Waals surface area contributed by atoms with Crippen LogP contribution in [0.1, 0.15) is 12.5 Å². The molecule has 5 nitrogen and oxygen atoms in total. The Labute approximate surface area is 132 Å². The summed E-state index contributed by atoms with van der Waals surface area (Å²) in [5.41, 5.74) is 1.39. The summed E-state index contributed by atoms with van der Waals surface area (Å²) >= 11 is 0. The summed E-state index contributed by atoms with van der Waals surface area (Å²) < 4.78 is 19.2. The van der Waals surface area contributed by atoms with Crippen LogP contribution in [0.5, 0.6) is 5.75 Å². The highest BCUT2D eigenvalue weighted by atomic mass is 19.1. The first-order valence-corrected chi connectivity index (χ1v) is 7.15. The Balaban J connectivity index is 1.70. The quantitative estimate of drug-likeness (QED) is 0.915. The number of carbonyl (C=O) groups is 2. The molecule has 0 bridgehead atoms. The van der Waals surface area contributed by atoms with E-state index < -0.39 is 11.9 Å². The molecule has 2 N–H and O–H groups in total. The first-order valence-electron chi connectivity index (χ1n) is 7.15. The molecular weight excluding hydrogens is 299 g/mol. The molecule has 0 saturated carbocycles. The van der Waals surface area contributed by atoms with Crippen molar-refractivity contribution in [1.29, 1.82) is 0 Å². The summed E-state index contributed by atoms with van der Waals surface area (Å²) in [6.45, 7) is 1.29. The summed E-state index contributed by atoms with van der Waals surface area (Å²) in [6.07, 6.45) is -0.136. The van der Waals surface area contributed by atoms with Gasteiger partial charge in [-0.05, 0) is 29.8 Å². The van der Waals surface area contributed by atoms with Gasteiger partial charge in [0.1, 0.15) is 11.6 Å². The van der Waals surface area contributed by atoms with Crippen molar-refractivity contribution in [1.82, 2.24) is 0 Å². The van der Waals surface area contributed by atoms with Crippen LogP contribution < -0.4 is 15.4 Å². The Morgan fingerprint density at radius 2 is 1.96 bits per heavy atom. The number of fused-ring (bicyclic) bond motifs is 1. The van der Waals surface area contributed by atoms with Crippen molar-refractivity contribution in [3.8, 4) is 5.75 Å². The maximum Gasteiger partial charge on any atom is 0.265 e. The third-order valence-corrected chi connectivity index (χ3v) is 3.48. The number of hydrogen-bond acceptors (Lipinski definition) is 3. The Bertz CT molecular complexity index is 751. The van der Waals surface area contributed by atoms with Crippen molar-refractivity contribution in [3.05, 3.63) is 53.8 Å². The lowest BCUT2D eigenvalue weighted by Crippen LogP contribution is -2.31. The number of nitrogens with one attached hydrogen (secondary N) is 2. The molecule has 1 aliphatic rings. The predicted molar refractivity (Wildman–Crippen MR) is 83.9 cm³/mol. The molecule has 0 unspecified atom stereocenters. The maximum atomic E-state index is 13.6. The van der Waals surface area contributed by atoms with Gasteiger partial charge in [-0.2, -0.15) is 0 Å². The standard InChI is InChI=1S/C17H15FN2O3/c1-10(21)19-14-9-12(6-7-13(14)18)20-17(22)16-8-11-4-2-3-5-15(11)23-16/h2-7,9,16H,8H2,1H3,(H,19,21)(H,20,22)/t16-/m1/s1. The number of amides is 2. The molecule has 0 fully saturated rings. The van der Waals surface area contributed by atoms with Gasteiger partial charge >= 0.3 is 0 Å². The number of halogens is 1. The predicted octanol–water partition coefficient (Wildman–Crippen LogP) is 2.73. The van der Waals surface area contributed by atoms with E-state index >= 15 is 0 Å². The highest BCUT2D eigenvalue weighted by molar-refractivity contribution is 5.96. The second-order valence-electron chi connectivity index (χ2n) is 5.28. The van der Waals surface area contributed by atoms with Gasteiger partial charge in [-0.15, -0.1) is 0 Å². The third-order valence-electron chi connectivity index (χ3n) is 3.48. The van der Waals surface area contributed by atoms with E-state index in [1.165, 1.54) is 25.1 Å². The molecule has 23 heavy (non-hydrogen) atoms. The number of anilines is 2. The van der Waals surface area contributed by atoms with Crippen molar-refractivity contribution >= 4 is 23.2 Å². The monoisotopic (exact) mass is 314 g/mol. The fraction of sp³-hybridized carbons (Fsp3) is 0.176. The smallest absolute Gasteiger partial charge is 0.265 e. The lowest BCUT2D eigenvalue weighted by Gasteiger charge is -2.12. The van der Waals surface area contributed by atoms with Crippen LogP contribution in [0.4, 0.5) is 15.8 Å². The zero-order chi connectivity index (χ0) is 16.4. The van der Waals surface area contributed by atoms with E-state index in [4.69, 9.17) is 4.74 Å². The molecule has 0 aromatic heterocycles. The van der Waals surface area contributed by atoms with Gasteiger partial charge in [0, 0.05) is 19.0 Å². The van der Waals surface area contributed by atoms with E-state index in [2.05, 4.69) is 10.6 Å². The topological polar surface area (TPSA) is 67.4 Å². The zero-order valence-electron chi connectivity index (χ0n) is 12.4. The van der Waals surface area contributed by atoms with E-state index in [1.54, 1.807) is 0 Å². The van der Waals surface area contributed by atoms with Gasteiger partial charge in [0.15, 0.2) is 6.10 Å². The second kappa shape index (κ2) is 6.08. The molecule has 1 heterocycles.